The molecule has 0 aromatic carbocycles. The lowest BCUT2D eigenvalue weighted by Gasteiger charge is -2.11. The minimum Gasteiger partial charge on any atom is -0.502 e. The molecule has 0 aliphatic heterocycles. The van der Waals surface area contributed by atoms with Crippen LogP contribution in [0.5, 0.6) is 0 Å². The van der Waals surface area contributed by atoms with Gasteiger partial charge in [0, 0.05) is 0 Å². The largest absolute Gasteiger partial charge is 0.502 e. The molecule has 1 heteroatoms. The van der Waals surface area contributed by atoms with E-state index in [0.29, 0.717) is 0 Å². The second-order valence-corrected chi connectivity index (χ2v) is 7.37. The summed E-state index contributed by atoms with van der Waals surface area (Å²) in [4.78, 5) is 0. The van der Waals surface area contributed by atoms with E-state index in [1.54, 1.807) is 0 Å². The number of allylic oxidation sites excluding steroid dienone is 1. The fourth-order valence-corrected chi connectivity index (χ4v) is 2.71. The van der Waals surface area contributed by atoms with Gasteiger partial charge in [0.05, 0.1) is 12.9 Å². The predicted octanol–water partition coefficient (Wildman–Crippen LogP) is 7.51. The maximum Gasteiger partial charge on any atom is 0.0875 e. The molecule has 0 saturated carbocycles. The van der Waals surface area contributed by atoms with E-state index in [9.17, 15) is 0 Å². The first-order valence-electron chi connectivity index (χ1n) is 9.93. The summed E-state index contributed by atoms with van der Waals surface area (Å²) in [5, 5.41) is 0. The van der Waals surface area contributed by atoms with Gasteiger partial charge in [-0.3, -0.25) is 0 Å². The zero-order chi connectivity index (χ0) is 16.5. The summed E-state index contributed by atoms with van der Waals surface area (Å²) >= 11 is 0. The summed E-state index contributed by atoms with van der Waals surface area (Å²) in [6.07, 6.45) is 20.3. The summed E-state index contributed by atoms with van der Waals surface area (Å²) in [6.45, 7) is 10.1. The second kappa shape index (κ2) is 16.9. The minimum atomic E-state index is 0.801. The highest BCUT2D eigenvalue weighted by Crippen LogP contribution is 2.15. The van der Waals surface area contributed by atoms with Gasteiger partial charge in [0.2, 0.25) is 0 Å². The highest BCUT2D eigenvalue weighted by Gasteiger charge is 2.02. The van der Waals surface area contributed by atoms with E-state index in [0.717, 1.165) is 18.4 Å². The normalized spacial score (nSPS) is 13.1. The Kier molecular flexibility index (Phi) is 16.5. The van der Waals surface area contributed by atoms with Gasteiger partial charge >= 0.3 is 0 Å². The molecule has 0 saturated heterocycles. The van der Waals surface area contributed by atoms with Crippen LogP contribution in [0.4, 0.5) is 0 Å². The highest BCUT2D eigenvalue weighted by atomic mass is 16.5. The third-order valence-corrected chi connectivity index (χ3v) is 4.37. The summed E-state index contributed by atoms with van der Waals surface area (Å²) < 4.78 is 5.61. The van der Waals surface area contributed by atoms with Crippen LogP contribution in [0.1, 0.15) is 105 Å². The lowest BCUT2D eigenvalue weighted by Crippen LogP contribution is -2.00. The molecule has 0 aliphatic rings. The van der Waals surface area contributed by atoms with E-state index in [4.69, 9.17) is 4.74 Å². The molecule has 1 unspecified atom stereocenters. The van der Waals surface area contributed by atoms with Crippen LogP contribution in [0.3, 0.4) is 0 Å². The van der Waals surface area contributed by atoms with Crippen molar-refractivity contribution in [1.82, 2.24) is 0 Å². The van der Waals surface area contributed by atoms with Gasteiger partial charge in [-0.05, 0) is 37.2 Å². The van der Waals surface area contributed by atoms with Gasteiger partial charge in [-0.25, -0.2) is 0 Å². The first kappa shape index (κ1) is 21.5. The van der Waals surface area contributed by atoms with Crippen molar-refractivity contribution in [3.63, 3.8) is 0 Å². The zero-order valence-electron chi connectivity index (χ0n) is 15.9. The molecule has 0 N–H and O–H groups in total. The Morgan fingerprint density at radius 1 is 0.773 bits per heavy atom. The molecular formula is C21H42O. The van der Waals surface area contributed by atoms with Crippen molar-refractivity contribution in [2.24, 2.45) is 11.8 Å². The van der Waals surface area contributed by atoms with Gasteiger partial charge in [-0.2, -0.15) is 0 Å². The first-order valence-corrected chi connectivity index (χ1v) is 9.93. The van der Waals surface area contributed by atoms with E-state index < -0.39 is 0 Å². The number of unbranched alkanes of at least 4 members (excludes halogenated alkanes) is 7. The van der Waals surface area contributed by atoms with E-state index in [1.807, 2.05) is 6.26 Å². The Morgan fingerprint density at radius 2 is 1.45 bits per heavy atom. The second-order valence-electron chi connectivity index (χ2n) is 7.37. The average Bonchev–Trinajstić information content (AvgIpc) is 2.48. The van der Waals surface area contributed by atoms with Gasteiger partial charge in [-0.15, -0.1) is 0 Å². The summed E-state index contributed by atoms with van der Waals surface area (Å²) in [7, 11) is 0. The molecule has 0 heterocycles. The maximum atomic E-state index is 5.61. The van der Waals surface area contributed by atoms with Crippen molar-refractivity contribution in [3.8, 4) is 0 Å². The monoisotopic (exact) mass is 310 g/mol. The molecule has 0 spiro atoms. The van der Waals surface area contributed by atoms with Crippen molar-refractivity contribution in [3.05, 3.63) is 12.3 Å². The van der Waals surface area contributed by atoms with Crippen LogP contribution >= 0.6 is 0 Å². The van der Waals surface area contributed by atoms with Crippen LogP contribution in [-0.4, -0.2) is 6.61 Å². The number of rotatable bonds is 16. The molecule has 0 radical (unpaired) electrons. The SMILES string of the molecule is CCCCCCCCCC=COCCC(C)CCCC(C)C. The van der Waals surface area contributed by atoms with Crippen molar-refractivity contribution in [1.29, 1.82) is 0 Å². The molecule has 1 nitrogen and oxygen atoms in total. The van der Waals surface area contributed by atoms with E-state index in [-0.39, 0.29) is 0 Å². The van der Waals surface area contributed by atoms with E-state index in [2.05, 4.69) is 33.8 Å². The van der Waals surface area contributed by atoms with Crippen LogP contribution in [0.25, 0.3) is 0 Å². The Bertz CT molecular complexity index is 232. The van der Waals surface area contributed by atoms with E-state index >= 15 is 0 Å². The Balaban J connectivity index is 3.23. The zero-order valence-corrected chi connectivity index (χ0v) is 15.9. The fraction of sp³-hybridized carbons (Fsp3) is 0.905. The third kappa shape index (κ3) is 17.6. The molecule has 0 aliphatic carbocycles. The molecule has 0 rings (SSSR count). The number of hydrogen-bond acceptors (Lipinski definition) is 1. The van der Waals surface area contributed by atoms with Crippen molar-refractivity contribution in [2.45, 2.75) is 105 Å². The van der Waals surface area contributed by atoms with Crippen LogP contribution in [0.15, 0.2) is 12.3 Å². The quantitative estimate of drug-likeness (QED) is 0.212. The molecule has 0 amide bonds. The van der Waals surface area contributed by atoms with E-state index in [1.165, 1.54) is 77.0 Å². The molecule has 132 valence electrons. The van der Waals surface area contributed by atoms with Crippen LogP contribution < -0.4 is 0 Å². The Hall–Kier alpha value is -0.460. The van der Waals surface area contributed by atoms with Gasteiger partial charge in [0.1, 0.15) is 0 Å². The molecule has 0 bridgehead atoms. The molecule has 0 aromatic heterocycles. The Labute approximate surface area is 140 Å². The first-order chi connectivity index (χ1) is 10.7. The summed E-state index contributed by atoms with van der Waals surface area (Å²) in [6, 6.07) is 0. The van der Waals surface area contributed by atoms with Gasteiger partial charge < -0.3 is 4.74 Å². The smallest absolute Gasteiger partial charge is 0.0875 e. The van der Waals surface area contributed by atoms with Gasteiger partial charge in [0.25, 0.3) is 0 Å². The summed E-state index contributed by atoms with van der Waals surface area (Å²) in [5.41, 5.74) is 0. The van der Waals surface area contributed by atoms with Gasteiger partial charge in [-0.1, -0.05) is 85.5 Å². The lowest BCUT2D eigenvalue weighted by molar-refractivity contribution is 0.220. The molecule has 0 fully saturated rings. The standard InChI is InChI=1S/C21H42O/c1-5-6-7-8-9-10-11-12-13-18-22-19-17-21(4)16-14-15-20(2)3/h13,18,20-21H,5-12,14-17,19H2,1-4H3. The van der Waals surface area contributed by atoms with Crippen LogP contribution in [0, 0.1) is 11.8 Å². The van der Waals surface area contributed by atoms with Crippen molar-refractivity contribution >= 4 is 0 Å². The molecule has 22 heavy (non-hydrogen) atoms. The number of hydrogen-bond donors (Lipinski definition) is 0. The third-order valence-electron chi connectivity index (χ3n) is 4.37. The van der Waals surface area contributed by atoms with Crippen LogP contribution in [-0.2, 0) is 4.74 Å². The predicted molar refractivity (Wildman–Crippen MR) is 100 cm³/mol. The minimum absolute atomic E-state index is 0.801. The topological polar surface area (TPSA) is 9.23 Å². The molecular weight excluding hydrogens is 268 g/mol. The lowest BCUT2D eigenvalue weighted by atomic mass is 9.98. The highest BCUT2D eigenvalue weighted by molar-refractivity contribution is 4.73. The molecule has 0 aromatic rings. The van der Waals surface area contributed by atoms with Crippen LogP contribution in [0.2, 0.25) is 0 Å². The number of ether oxygens (including phenoxy) is 1. The van der Waals surface area contributed by atoms with Crippen molar-refractivity contribution < 1.29 is 4.74 Å². The summed E-state index contributed by atoms with van der Waals surface area (Å²) in [5.74, 6) is 1.65. The van der Waals surface area contributed by atoms with Gasteiger partial charge in [0.15, 0.2) is 0 Å². The Morgan fingerprint density at radius 3 is 2.14 bits per heavy atom. The average molecular weight is 311 g/mol. The fourth-order valence-electron chi connectivity index (χ4n) is 2.71. The molecule has 1 atom stereocenters. The van der Waals surface area contributed by atoms with Crippen molar-refractivity contribution in [2.75, 3.05) is 6.61 Å². The maximum absolute atomic E-state index is 5.61.